The summed E-state index contributed by atoms with van der Waals surface area (Å²) in [5.41, 5.74) is 8.19. The molecule has 0 bridgehead atoms. The lowest BCUT2D eigenvalue weighted by Gasteiger charge is -2.25. The molecule has 1 aromatic rings. The fraction of sp³-hybridized carbons (Fsp3) is 0.389. The molecule has 0 aliphatic carbocycles. The van der Waals surface area contributed by atoms with Crippen molar-refractivity contribution in [3.05, 3.63) is 53.8 Å². The molecule has 3 rings (SSSR count). The van der Waals surface area contributed by atoms with Crippen LogP contribution in [0, 0.1) is 6.92 Å². The molecule has 0 aromatic heterocycles. The molecule has 2 aliphatic rings. The first-order valence-corrected chi connectivity index (χ1v) is 7.96. The molecule has 2 heterocycles. The number of allylic oxidation sites excluding steroid dienone is 2. The lowest BCUT2D eigenvalue weighted by atomic mass is 10.1. The van der Waals surface area contributed by atoms with Crippen molar-refractivity contribution in [3.8, 4) is 0 Å². The molecule has 0 atom stereocenters. The van der Waals surface area contributed by atoms with Gasteiger partial charge in [0.25, 0.3) is 0 Å². The Balaban J connectivity index is 0.000000229. The standard InChI is InChI=1S/C13H14N2O.C5H12N2/c1-10-5-2-3-7-12(10)15-8-4-6-11(9-15)13(14)16;1-7-4-2-6-3-5-7/h2-8H,9H2,1H3,(H2,14,16);6H,2-5H2,1H3. The number of rotatable bonds is 2. The van der Waals surface area contributed by atoms with Crippen LogP contribution in [0.3, 0.4) is 0 Å². The van der Waals surface area contributed by atoms with Crippen LogP contribution in [0.2, 0.25) is 0 Å². The maximum Gasteiger partial charge on any atom is 0.246 e. The molecule has 2 aliphatic heterocycles. The predicted molar refractivity (Wildman–Crippen MR) is 95.3 cm³/mol. The maximum absolute atomic E-state index is 11.1. The first-order chi connectivity index (χ1) is 11.1. The zero-order valence-electron chi connectivity index (χ0n) is 14.0. The molecule has 1 saturated heterocycles. The van der Waals surface area contributed by atoms with Gasteiger partial charge in [-0.3, -0.25) is 4.79 Å². The van der Waals surface area contributed by atoms with E-state index in [2.05, 4.69) is 17.3 Å². The quantitative estimate of drug-likeness (QED) is 0.863. The summed E-state index contributed by atoms with van der Waals surface area (Å²) in [7, 11) is 2.15. The van der Waals surface area contributed by atoms with Gasteiger partial charge >= 0.3 is 0 Å². The number of primary amides is 1. The van der Waals surface area contributed by atoms with Gasteiger partial charge in [-0.2, -0.15) is 0 Å². The number of anilines is 1. The van der Waals surface area contributed by atoms with E-state index in [0.717, 1.165) is 18.8 Å². The second kappa shape index (κ2) is 8.50. The highest BCUT2D eigenvalue weighted by Crippen LogP contribution is 2.22. The molecule has 23 heavy (non-hydrogen) atoms. The number of benzene rings is 1. The number of carbonyl (C=O) groups excluding carboxylic acids is 1. The van der Waals surface area contributed by atoms with Gasteiger partial charge in [0.2, 0.25) is 5.91 Å². The summed E-state index contributed by atoms with van der Waals surface area (Å²) >= 11 is 0. The van der Waals surface area contributed by atoms with Crippen LogP contribution in [-0.2, 0) is 4.79 Å². The molecular weight excluding hydrogens is 288 g/mol. The van der Waals surface area contributed by atoms with E-state index in [1.54, 1.807) is 6.08 Å². The Morgan fingerprint density at radius 2 is 1.91 bits per heavy atom. The third-order valence-corrected chi connectivity index (χ3v) is 3.99. The van der Waals surface area contributed by atoms with Gasteiger partial charge in [-0.05, 0) is 31.7 Å². The maximum atomic E-state index is 11.1. The third-order valence-electron chi connectivity index (χ3n) is 3.99. The predicted octanol–water partition coefficient (Wildman–Crippen LogP) is 1.26. The number of nitrogens with two attached hydrogens (primary N) is 1. The highest BCUT2D eigenvalue weighted by molar-refractivity contribution is 5.93. The lowest BCUT2D eigenvalue weighted by molar-refractivity contribution is -0.114. The van der Waals surface area contributed by atoms with E-state index in [9.17, 15) is 4.79 Å². The summed E-state index contributed by atoms with van der Waals surface area (Å²) in [4.78, 5) is 15.5. The zero-order valence-corrected chi connectivity index (χ0v) is 14.0. The second-order valence-electron chi connectivity index (χ2n) is 5.87. The summed E-state index contributed by atoms with van der Waals surface area (Å²) in [5, 5.41) is 3.27. The van der Waals surface area contributed by atoms with Crippen LogP contribution in [-0.4, -0.2) is 50.6 Å². The Bertz CT molecular complexity index is 588. The molecule has 1 aromatic carbocycles. The number of para-hydroxylation sites is 1. The van der Waals surface area contributed by atoms with E-state index < -0.39 is 0 Å². The number of hydrogen-bond acceptors (Lipinski definition) is 4. The van der Waals surface area contributed by atoms with Crippen molar-refractivity contribution in [2.75, 3.05) is 44.7 Å². The van der Waals surface area contributed by atoms with E-state index in [1.165, 1.54) is 18.7 Å². The van der Waals surface area contributed by atoms with E-state index >= 15 is 0 Å². The Morgan fingerprint density at radius 1 is 1.22 bits per heavy atom. The van der Waals surface area contributed by atoms with Gasteiger partial charge in [0.05, 0.1) is 6.54 Å². The Hall–Kier alpha value is -2.11. The number of amides is 1. The molecule has 0 unspecified atom stereocenters. The Morgan fingerprint density at radius 3 is 2.48 bits per heavy atom. The summed E-state index contributed by atoms with van der Waals surface area (Å²) in [5.74, 6) is -0.358. The molecule has 0 saturated carbocycles. The van der Waals surface area contributed by atoms with Crippen LogP contribution in [0.4, 0.5) is 5.69 Å². The van der Waals surface area contributed by atoms with Crippen molar-refractivity contribution >= 4 is 11.6 Å². The van der Waals surface area contributed by atoms with Crippen molar-refractivity contribution in [1.82, 2.24) is 10.2 Å². The molecule has 1 amide bonds. The van der Waals surface area contributed by atoms with Crippen molar-refractivity contribution in [1.29, 1.82) is 0 Å². The number of piperazine rings is 1. The number of aryl methyl sites for hydroxylation is 1. The zero-order chi connectivity index (χ0) is 16.7. The number of hydrogen-bond donors (Lipinski definition) is 2. The van der Waals surface area contributed by atoms with Crippen LogP contribution in [0.25, 0.3) is 0 Å². The number of carbonyl (C=O) groups is 1. The van der Waals surface area contributed by atoms with Crippen molar-refractivity contribution in [3.63, 3.8) is 0 Å². The SMILES string of the molecule is CN1CCNCC1.Cc1ccccc1N1C=CC=C(C(N)=O)C1. The third kappa shape index (κ3) is 5.23. The monoisotopic (exact) mass is 314 g/mol. The van der Waals surface area contributed by atoms with E-state index in [1.807, 2.05) is 48.4 Å². The largest absolute Gasteiger partial charge is 0.366 e. The van der Waals surface area contributed by atoms with Gasteiger partial charge in [0.15, 0.2) is 0 Å². The lowest BCUT2D eigenvalue weighted by Crippen LogP contribution is -2.40. The average molecular weight is 314 g/mol. The fourth-order valence-corrected chi connectivity index (χ4v) is 2.54. The van der Waals surface area contributed by atoms with Crippen LogP contribution >= 0.6 is 0 Å². The minimum absolute atomic E-state index is 0.358. The van der Waals surface area contributed by atoms with Crippen LogP contribution in [0.15, 0.2) is 48.2 Å². The molecule has 0 radical (unpaired) electrons. The highest BCUT2D eigenvalue weighted by atomic mass is 16.1. The molecule has 0 spiro atoms. The Kier molecular flexibility index (Phi) is 6.38. The minimum atomic E-state index is -0.358. The van der Waals surface area contributed by atoms with E-state index in [-0.39, 0.29) is 5.91 Å². The van der Waals surface area contributed by atoms with Gasteiger partial charge in [0.1, 0.15) is 0 Å². The number of nitrogens with zero attached hydrogens (tertiary/aromatic N) is 2. The molecule has 1 fully saturated rings. The molecule has 3 N–H and O–H groups in total. The van der Waals surface area contributed by atoms with Gasteiger partial charge in [-0.15, -0.1) is 0 Å². The number of likely N-dealkylation sites (N-methyl/N-ethyl adjacent to an activating group) is 1. The molecular formula is C18H26N4O. The van der Waals surface area contributed by atoms with E-state index in [4.69, 9.17) is 5.73 Å². The molecule has 5 heteroatoms. The van der Waals surface area contributed by atoms with Gasteiger partial charge in [-0.25, -0.2) is 0 Å². The van der Waals surface area contributed by atoms with Gasteiger partial charge < -0.3 is 20.9 Å². The number of nitrogens with one attached hydrogen (secondary N) is 1. The average Bonchev–Trinajstić information content (AvgIpc) is 2.57. The topological polar surface area (TPSA) is 61.6 Å². The van der Waals surface area contributed by atoms with Crippen LogP contribution in [0.1, 0.15) is 5.56 Å². The first-order valence-electron chi connectivity index (χ1n) is 7.96. The van der Waals surface area contributed by atoms with Crippen molar-refractivity contribution in [2.45, 2.75) is 6.92 Å². The molecule has 124 valence electrons. The van der Waals surface area contributed by atoms with Gasteiger partial charge in [0, 0.05) is 43.6 Å². The minimum Gasteiger partial charge on any atom is -0.366 e. The van der Waals surface area contributed by atoms with E-state index in [0.29, 0.717) is 12.1 Å². The van der Waals surface area contributed by atoms with Crippen molar-refractivity contribution in [2.24, 2.45) is 5.73 Å². The normalized spacial score (nSPS) is 18.0. The van der Waals surface area contributed by atoms with Gasteiger partial charge in [-0.1, -0.05) is 24.3 Å². The second-order valence-corrected chi connectivity index (χ2v) is 5.87. The smallest absolute Gasteiger partial charge is 0.246 e. The summed E-state index contributed by atoms with van der Waals surface area (Å²) in [6.45, 7) is 7.33. The fourth-order valence-electron chi connectivity index (χ4n) is 2.54. The Labute approximate surface area is 138 Å². The summed E-state index contributed by atoms with van der Waals surface area (Å²) in [6.07, 6.45) is 5.56. The summed E-state index contributed by atoms with van der Waals surface area (Å²) in [6, 6.07) is 8.06. The first kappa shape index (κ1) is 17.2. The van der Waals surface area contributed by atoms with Crippen LogP contribution in [0.5, 0.6) is 0 Å². The van der Waals surface area contributed by atoms with Crippen molar-refractivity contribution < 1.29 is 4.79 Å². The molecule has 5 nitrogen and oxygen atoms in total. The van der Waals surface area contributed by atoms with Crippen LogP contribution < -0.4 is 16.0 Å². The summed E-state index contributed by atoms with van der Waals surface area (Å²) < 4.78 is 0. The highest BCUT2D eigenvalue weighted by Gasteiger charge is 2.14.